The summed E-state index contributed by atoms with van der Waals surface area (Å²) in [7, 11) is 1.99. The summed E-state index contributed by atoms with van der Waals surface area (Å²) in [6.45, 7) is 12.0. The maximum absolute atomic E-state index is 3.62. The summed E-state index contributed by atoms with van der Waals surface area (Å²) in [6.07, 6.45) is 0. The number of benzene rings is 1. The van der Waals surface area contributed by atoms with Crippen LogP contribution in [0.25, 0.3) is 0 Å². The molecule has 1 aromatic carbocycles. The van der Waals surface area contributed by atoms with Gasteiger partial charge in [-0.15, -0.1) is 0 Å². The molecule has 96 valence electrons. The van der Waals surface area contributed by atoms with Gasteiger partial charge in [-0.2, -0.15) is 0 Å². The van der Waals surface area contributed by atoms with E-state index in [-0.39, 0.29) is 5.54 Å². The van der Waals surface area contributed by atoms with Gasteiger partial charge in [0.05, 0.1) is 0 Å². The maximum atomic E-state index is 3.62. The van der Waals surface area contributed by atoms with Gasteiger partial charge in [0, 0.05) is 17.8 Å². The lowest BCUT2D eigenvalue weighted by Gasteiger charge is -2.28. The first-order valence-electron chi connectivity index (χ1n) is 6.39. The van der Waals surface area contributed by atoms with Crippen LogP contribution >= 0.6 is 0 Å². The Morgan fingerprint density at radius 3 is 2.41 bits per heavy atom. The molecule has 0 aliphatic heterocycles. The Morgan fingerprint density at radius 2 is 1.88 bits per heavy atom. The summed E-state index contributed by atoms with van der Waals surface area (Å²) >= 11 is 0. The van der Waals surface area contributed by atoms with Crippen molar-refractivity contribution in [3.63, 3.8) is 0 Å². The minimum absolute atomic E-state index is 0.0646. The van der Waals surface area contributed by atoms with Crippen LogP contribution in [0.2, 0.25) is 0 Å². The van der Waals surface area contributed by atoms with Crippen LogP contribution in [0.4, 0.5) is 5.69 Å². The van der Waals surface area contributed by atoms with E-state index in [1.54, 1.807) is 0 Å². The van der Waals surface area contributed by atoms with Crippen molar-refractivity contribution < 1.29 is 0 Å². The molecule has 1 aromatic rings. The van der Waals surface area contributed by atoms with Gasteiger partial charge in [-0.1, -0.05) is 26.0 Å². The molecule has 0 bridgehead atoms. The Hall–Kier alpha value is -1.02. The van der Waals surface area contributed by atoms with E-state index >= 15 is 0 Å². The minimum Gasteiger partial charge on any atom is -0.379 e. The van der Waals surface area contributed by atoms with Gasteiger partial charge in [0.1, 0.15) is 0 Å². The third-order valence-corrected chi connectivity index (χ3v) is 3.02. The molecule has 0 atom stereocenters. The van der Waals surface area contributed by atoms with Gasteiger partial charge >= 0.3 is 0 Å². The van der Waals surface area contributed by atoms with Crippen molar-refractivity contribution in [2.24, 2.45) is 0 Å². The van der Waals surface area contributed by atoms with Crippen LogP contribution in [-0.4, -0.2) is 19.1 Å². The maximum Gasteiger partial charge on any atom is 0.0441 e. The van der Waals surface area contributed by atoms with Crippen molar-refractivity contribution in [1.29, 1.82) is 0 Å². The summed E-state index contributed by atoms with van der Waals surface area (Å²) in [6, 6.07) is 6.70. The van der Waals surface area contributed by atoms with Crippen LogP contribution in [0, 0.1) is 6.92 Å². The van der Waals surface area contributed by atoms with Gasteiger partial charge in [0.15, 0.2) is 0 Å². The van der Waals surface area contributed by atoms with Gasteiger partial charge in [0.2, 0.25) is 0 Å². The molecular formula is C15H26N2. The molecule has 2 nitrogen and oxygen atoms in total. The summed E-state index contributed by atoms with van der Waals surface area (Å²) in [4.78, 5) is 0. The SMILES string of the molecule is CNCC(C)(C)Nc1cc(C(C)C)ccc1C. The number of rotatable bonds is 5. The van der Waals surface area contributed by atoms with Gasteiger partial charge in [-0.05, 0) is 50.9 Å². The molecule has 0 amide bonds. The van der Waals surface area contributed by atoms with E-state index < -0.39 is 0 Å². The van der Waals surface area contributed by atoms with Gasteiger partial charge in [-0.3, -0.25) is 0 Å². The molecule has 2 heteroatoms. The molecule has 17 heavy (non-hydrogen) atoms. The monoisotopic (exact) mass is 234 g/mol. The lowest BCUT2D eigenvalue weighted by atomic mass is 9.98. The minimum atomic E-state index is 0.0646. The van der Waals surface area contributed by atoms with Crippen LogP contribution in [-0.2, 0) is 0 Å². The first-order chi connectivity index (χ1) is 7.85. The molecule has 0 radical (unpaired) electrons. The molecule has 0 saturated carbocycles. The Labute approximate surface area is 106 Å². The molecular weight excluding hydrogens is 208 g/mol. The lowest BCUT2D eigenvalue weighted by Crippen LogP contribution is -2.40. The Balaban J connectivity index is 2.93. The number of likely N-dealkylation sites (N-methyl/N-ethyl adjacent to an activating group) is 1. The molecule has 1 rings (SSSR count). The van der Waals surface area contributed by atoms with Gasteiger partial charge < -0.3 is 10.6 Å². The van der Waals surface area contributed by atoms with Crippen molar-refractivity contribution in [1.82, 2.24) is 5.32 Å². The number of hydrogen-bond donors (Lipinski definition) is 2. The van der Waals surface area contributed by atoms with Crippen molar-refractivity contribution in [2.45, 2.75) is 46.1 Å². The Bertz CT molecular complexity index is 367. The zero-order chi connectivity index (χ0) is 13.1. The fourth-order valence-electron chi connectivity index (χ4n) is 1.98. The zero-order valence-corrected chi connectivity index (χ0v) is 12.0. The molecule has 0 fully saturated rings. The summed E-state index contributed by atoms with van der Waals surface area (Å²) in [5, 5.41) is 6.84. The largest absolute Gasteiger partial charge is 0.379 e. The highest BCUT2D eigenvalue weighted by atomic mass is 15.0. The second kappa shape index (κ2) is 5.54. The van der Waals surface area contributed by atoms with E-state index in [9.17, 15) is 0 Å². The van der Waals surface area contributed by atoms with Gasteiger partial charge in [-0.25, -0.2) is 0 Å². The molecule has 0 aliphatic rings. The van der Waals surface area contributed by atoms with Gasteiger partial charge in [0.25, 0.3) is 0 Å². The van der Waals surface area contributed by atoms with Crippen molar-refractivity contribution in [3.8, 4) is 0 Å². The molecule has 0 aliphatic carbocycles. The third-order valence-electron chi connectivity index (χ3n) is 3.02. The number of hydrogen-bond acceptors (Lipinski definition) is 2. The van der Waals surface area contributed by atoms with E-state index in [2.05, 4.69) is 63.5 Å². The van der Waals surface area contributed by atoms with Crippen LogP contribution in [0.1, 0.15) is 44.7 Å². The van der Waals surface area contributed by atoms with Crippen LogP contribution in [0.3, 0.4) is 0 Å². The highest BCUT2D eigenvalue weighted by Crippen LogP contribution is 2.24. The molecule has 0 unspecified atom stereocenters. The highest BCUT2D eigenvalue weighted by molar-refractivity contribution is 5.54. The Kier molecular flexibility index (Phi) is 4.58. The predicted octanol–water partition coefficient (Wildman–Crippen LogP) is 3.53. The number of anilines is 1. The quantitative estimate of drug-likeness (QED) is 0.814. The van der Waals surface area contributed by atoms with Crippen molar-refractivity contribution in [2.75, 3.05) is 18.9 Å². The molecule has 0 aromatic heterocycles. The second-order valence-electron chi connectivity index (χ2n) is 5.77. The van der Waals surface area contributed by atoms with E-state index in [1.807, 2.05) is 7.05 Å². The summed E-state index contributed by atoms with van der Waals surface area (Å²) in [5.74, 6) is 0.573. The fraction of sp³-hybridized carbons (Fsp3) is 0.600. The van der Waals surface area contributed by atoms with E-state index in [1.165, 1.54) is 16.8 Å². The van der Waals surface area contributed by atoms with E-state index in [4.69, 9.17) is 0 Å². The Morgan fingerprint density at radius 1 is 1.24 bits per heavy atom. The number of nitrogens with one attached hydrogen (secondary N) is 2. The average molecular weight is 234 g/mol. The average Bonchev–Trinajstić information content (AvgIpc) is 2.20. The van der Waals surface area contributed by atoms with Crippen LogP contribution < -0.4 is 10.6 Å². The topological polar surface area (TPSA) is 24.1 Å². The van der Waals surface area contributed by atoms with Crippen LogP contribution in [0.15, 0.2) is 18.2 Å². The predicted molar refractivity (Wildman–Crippen MR) is 76.9 cm³/mol. The van der Waals surface area contributed by atoms with Crippen molar-refractivity contribution >= 4 is 5.69 Å². The normalized spacial score (nSPS) is 11.9. The first-order valence-corrected chi connectivity index (χ1v) is 6.39. The van der Waals surface area contributed by atoms with E-state index in [0.29, 0.717) is 5.92 Å². The number of aryl methyl sites for hydroxylation is 1. The molecule has 2 N–H and O–H groups in total. The van der Waals surface area contributed by atoms with Crippen LogP contribution in [0.5, 0.6) is 0 Å². The lowest BCUT2D eigenvalue weighted by molar-refractivity contribution is 0.530. The fourth-order valence-corrected chi connectivity index (χ4v) is 1.98. The molecule has 0 spiro atoms. The smallest absolute Gasteiger partial charge is 0.0441 e. The van der Waals surface area contributed by atoms with Crippen molar-refractivity contribution in [3.05, 3.63) is 29.3 Å². The summed E-state index contributed by atoms with van der Waals surface area (Å²) in [5.41, 5.74) is 4.00. The standard InChI is InChI=1S/C15H26N2/c1-11(2)13-8-7-12(3)14(9-13)17-15(4,5)10-16-6/h7-9,11,16-17H,10H2,1-6H3. The molecule has 0 saturated heterocycles. The third kappa shape index (κ3) is 4.04. The van der Waals surface area contributed by atoms with E-state index in [0.717, 1.165) is 6.54 Å². The molecule has 0 heterocycles. The highest BCUT2D eigenvalue weighted by Gasteiger charge is 2.17. The zero-order valence-electron chi connectivity index (χ0n) is 12.0. The first kappa shape index (κ1) is 14.0. The summed E-state index contributed by atoms with van der Waals surface area (Å²) < 4.78 is 0. The second-order valence-corrected chi connectivity index (χ2v) is 5.77.